The van der Waals surface area contributed by atoms with Crippen molar-refractivity contribution in [1.29, 1.82) is 0 Å². The molecular formula is C12H16N6O2. The van der Waals surface area contributed by atoms with Gasteiger partial charge < -0.3 is 15.2 Å². The molecule has 0 aliphatic rings. The van der Waals surface area contributed by atoms with Gasteiger partial charge >= 0.3 is 0 Å². The topological polar surface area (TPSA) is 106 Å². The second-order valence-corrected chi connectivity index (χ2v) is 4.43. The summed E-state index contributed by atoms with van der Waals surface area (Å²) in [6.45, 7) is 4.11. The molecule has 0 fully saturated rings. The minimum Gasteiger partial charge on any atom is -0.357 e. The molecule has 0 atom stereocenters. The Hall–Kier alpha value is -2.51. The maximum atomic E-state index is 11.9. The SMILES string of the molecule is CNc1ncc(C(=O)NCc2noc(C(C)C)n2)cn1. The fraction of sp³-hybridized carbons (Fsp3) is 0.417. The zero-order valence-corrected chi connectivity index (χ0v) is 11.5. The summed E-state index contributed by atoms with van der Waals surface area (Å²) in [7, 11) is 1.71. The lowest BCUT2D eigenvalue weighted by atomic mass is 10.2. The molecule has 0 aliphatic heterocycles. The summed E-state index contributed by atoms with van der Waals surface area (Å²) in [5, 5.41) is 9.25. The van der Waals surface area contributed by atoms with Gasteiger partial charge in [-0.3, -0.25) is 4.79 Å². The Morgan fingerprint density at radius 2 is 2.05 bits per heavy atom. The van der Waals surface area contributed by atoms with Crippen molar-refractivity contribution in [3.05, 3.63) is 29.7 Å². The summed E-state index contributed by atoms with van der Waals surface area (Å²) in [4.78, 5) is 24.0. The molecular weight excluding hydrogens is 260 g/mol. The van der Waals surface area contributed by atoms with Gasteiger partial charge in [0.25, 0.3) is 5.91 Å². The molecule has 2 aromatic heterocycles. The van der Waals surface area contributed by atoms with Crippen molar-refractivity contribution < 1.29 is 9.32 Å². The normalized spacial score (nSPS) is 10.6. The Morgan fingerprint density at radius 1 is 1.35 bits per heavy atom. The number of hydrogen-bond acceptors (Lipinski definition) is 7. The monoisotopic (exact) mass is 276 g/mol. The van der Waals surface area contributed by atoms with Crippen molar-refractivity contribution >= 4 is 11.9 Å². The Bertz CT molecular complexity index is 578. The first-order valence-electron chi connectivity index (χ1n) is 6.20. The average molecular weight is 276 g/mol. The molecule has 20 heavy (non-hydrogen) atoms. The van der Waals surface area contributed by atoms with Crippen LogP contribution in [0.3, 0.4) is 0 Å². The van der Waals surface area contributed by atoms with Gasteiger partial charge in [-0.05, 0) is 0 Å². The Morgan fingerprint density at radius 3 is 2.60 bits per heavy atom. The standard InChI is InChI=1S/C12H16N6O2/c1-7(2)11-17-9(18-20-11)6-14-10(19)8-4-15-12(13-3)16-5-8/h4-5,7H,6H2,1-3H3,(H,14,19)(H,13,15,16). The molecule has 0 saturated heterocycles. The third-order valence-electron chi connectivity index (χ3n) is 2.52. The molecule has 0 aromatic carbocycles. The van der Waals surface area contributed by atoms with Crippen LogP contribution in [0, 0.1) is 0 Å². The van der Waals surface area contributed by atoms with Crippen LogP contribution in [-0.2, 0) is 6.54 Å². The summed E-state index contributed by atoms with van der Waals surface area (Å²) in [6, 6.07) is 0. The van der Waals surface area contributed by atoms with Crippen LogP contribution in [0.2, 0.25) is 0 Å². The van der Waals surface area contributed by atoms with Crippen LogP contribution >= 0.6 is 0 Å². The van der Waals surface area contributed by atoms with Crippen molar-refractivity contribution in [2.75, 3.05) is 12.4 Å². The van der Waals surface area contributed by atoms with Crippen LogP contribution in [0.4, 0.5) is 5.95 Å². The molecule has 0 spiro atoms. The summed E-state index contributed by atoms with van der Waals surface area (Å²) >= 11 is 0. The van der Waals surface area contributed by atoms with E-state index >= 15 is 0 Å². The highest BCUT2D eigenvalue weighted by Crippen LogP contribution is 2.10. The number of carbonyl (C=O) groups excluding carboxylic acids is 1. The van der Waals surface area contributed by atoms with Gasteiger partial charge in [0, 0.05) is 25.4 Å². The Kier molecular flexibility index (Phi) is 4.24. The Balaban J connectivity index is 1.93. The molecule has 8 nitrogen and oxygen atoms in total. The summed E-state index contributed by atoms with van der Waals surface area (Å²) in [6.07, 6.45) is 2.90. The number of nitrogens with one attached hydrogen (secondary N) is 2. The average Bonchev–Trinajstić information content (AvgIpc) is 2.94. The number of amides is 1. The second kappa shape index (κ2) is 6.09. The van der Waals surface area contributed by atoms with E-state index in [4.69, 9.17) is 4.52 Å². The van der Waals surface area contributed by atoms with Crippen LogP contribution in [0.5, 0.6) is 0 Å². The third-order valence-corrected chi connectivity index (χ3v) is 2.52. The van der Waals surface area contributed by atoms with Gasteiger partial charge in [0.15, 0.2) is 5.82 Å². The van der Waals surface area contributed by atoms with E-state index in [-0.39, 0.29) is 18.4 Å². The van der Waals surface area contributed by atoms with Crippen molar-refractivity contribution in [3.63, 3.8) is 0 Å². The van der Waals surface area contributed by atoms with Crippen molar-refractivity contribution in [2.45, 2.75) is 26.3 Å². The third kappa shape index (κ3) is 3.28. The van der Waals surface area contributed by atoms with Gasteiger partial charge in [0.2, 0.25) is 11.8 Å². The van der Waals surface area contributed by atoms with E-state index < -0.39 is 0 Å². The van der Waals surface area contributed by atoms with E-state index in [0.717, 1.165) is 0 Å². The lowest BCUT2D eigenvalue weighted by Crippen LogP contribution is -2.23. The molecule has 2 aromatic rings. The fourth-order valence-electron chi connectivity index (χ4n) is 1.41. The fourth-order valence-corrected chi connectivity index (χ4v) is 1.41. The highest BCUT2D eigenvalue weighted by Gasteiger charge is 2.12. The predicted molar refractivity (Wildman–Crippen MR) is 71.1 cm³/mol. The van der Waals surface area contributed by atoms with Crippen molar-refractivity contribution in [3.8, 4) is 0 Å². The lowest BCUT2D eigenvalue weighted by molar-refractivity contribution is 0.0949. The molecule has 0 radical (unpaired) electrons. The zero-order valence-electron chi connectivity index (χ0n) is 11.5. The number of aromatic nitrogens is 4. The molecule has 0 saturated carbocycles. The van der Waals surface area contributed by atoms with E-state index in [1.807, 2.05) is 13.8 Å². The summed E-state index contributed by atoms with van der Waals surface area (Å²) < 4.78 is 5.05. The predicted octanol–water partition coefficient (Wildman–Crippen LogP) is 0.955. The smallest absolute Gasteiger partial charge is 0.254 e. The van der Waals surface area contributed by atoms with Crippen LogP contribution in [0.25, 0.3) is 0 Å². The van der Waals surface area contributed by atoms with Gasteiger partial charge in [-0.15, -0.1) is 0 Å². The largest absolute Gasteiger partial charge is 0.357 e. The number of nitrogens with zero attached hydrogens (tertiary/aromatic N) is 4. The first-order valence-corrected chi connectivity index (χ1v) is 6.20. The number of anilines is 1. The molecule has 2 rings (SSSR count). The molecule has 2 N–H and O–H groups in total. The number of carbonyl (C=O) groups is 1. The van der Waals surface area contributed by atoms with E-state index in [1.165, 1.54) is 12.4 Å². The van der Waals surface area contributed by atoms with Gasteiger partial charge in [-0.2, -0.15) is 4.98 Å². The van der Waals surface area contributed by atoms with E-state index in [0.29, 0.717) is 23.2 Å². The Labute approximate surface area is 116 Å². The minimum atomic E-state index is -0.288. The van der Waals surface area contributed by atoms with Crippen LogP contribution in [0.1, 0.15) is 41.8 Å². The quantitative estimate of drug-likeness (QED) is 0.837. The molecule has 1 amide bonds. The molecule has 0 aliphatic carbocycles. The molecule has 0 bridgehead atoms. The number of rotatable bonds is 5. The van der Waals surface area contributed by atoms with Crippen LogP contribution < -0.4 is 10.6 Å². The first kappa shape index (κ1) is 13.9. The molecule has 2 heterocycles. The number of hydrogen-bond donors (Lipinski definition) is 2. The van der Waals surface area contributed by atoms with E-state index in [9.17, 15) is 4.79 Å². The summed E-state index contributed by atoms with van der Waals surface area (Å²) in [5.74, 6) is 1.32. The highest BCUT2D eigenvalue weighted by molar-refractivity contribution is 5.93. The van der Waals surface area contributed by atoms with Crippen LogP contribution in [-0.4, -0.2) is 33.1 Å². The van der Waals surface area contributed by atoms with Crippen molar-refractivity contribution in [2.24, 2.45) is 0 Å². The highest BCUT2D eigenvalue weighted by atomic mass is 16.5. The first-order chi connectivity index (χ1) is 9.60. The maximum Gasteiger partial charge on any atom is 0.254 e. The van der Waals surface area contributed by atoms with Crippen LogP contribution in [0.15, 0.2) is 16.9 Å². The zero-order chi connectivity index (χ0) is 14.5. The van der Waals surface area contributed by atoms with Gasteiger partial charge in [-0.1, -0.05) is 19.0 Å². The van der Waals surface area contributed by atoms with Crippen molar-refractivity contribution in [1.82, 2.24) is 25.4 Å². The second-order valence-electron chi connectivity index (χ2n) is 4.43. The van der Waals surface area contributed by atoms with Gasteiger partial charge in [0.05, 0.1) is 12.1 Å². The minimum absolute atomic E-state index is 0.162. The van der Waals surface area contributed by atoms with Gasteiger partial charge in [-0.25, -0.2) is 9.97 Å². The molecule has 8 heteroatoms. The molecule has 0 unspecified atom stereocenters. The maximum absolute atomic E-state index is 11.9. The summed E-state index contributed by atoms with van der Waals surface area (Å²) in [5.41, 5.74) is 0.372. The van der Waals surface area contributed by atoms with E-state index in [2.05, 4.69) is 30.7 Å². The van der Waals surface area contributed by atoms with E-state index in [1.54, 1.807) is 7.05 Å². The molecule has 106 valence electrons. The van der Waals surface area contributed by atoms with Gasteiger partial charge in [0.1, 0.15) is 0 Å². The lowest BCUT2D eigenvalue weighted by Gasteiger charge is -2.02.